The minimum atomic E-state index is -4.30. The van der Waals surface area contributed by atoms with Gasteiger partial charge in [-0.05, 0) is 62.6 Å². The van der Waals surface area contributed by atoms with E-state index in [1.165, 1.54) is 12.1 Å². The van der Waals surface area contributed by atoms with E-state index in [0.29, 0.717) is 23.3 Å². The van der Waals surface area contributed by atoms with Gasteiger partial charge in [0.05, 0.1) is 5.56 Å². The molecule has 36 heavy (non-hydrogen) atoms. The molecule has 1 N–H and O–H groups in total. The molecule has 0 radical (unpaired) electrons. The molecule has 11 heteroatoms. The Kier molecular flexibility index (Phi) is 6.86. The Morgan fingerprint density at radius 2 is 1.94 bits per heavy atom. The lowest BCUT2D eigenvalue weighted by Gasteiger charge is -2.27. The lowest BCUT2D eigenvalue weighted by molar-refractivity contribution is -0.137. The zero-order valence-electron chi connectivity index (χ0n) is 20.3. The monoisotopic (exact) mass is 518 g/mol. The highest BCUT2D eigenvalue weighted by Crippen LogP contribution is 2.37. The molecule has 4 heterocycles. The summed E-state index contributed by atoms with van der Waals surface area (Å²) in [7, 11) is 1.93. The summed E-state index contributed by atoms with van der Waals surface area (Å²) in [5, 5.41) is 9.45. The normalized spacial score (nSPS) is 20.3. The number of pyridine rings is 1. The number of aryl methyl sites for hydroxylation is 1. The van der Waals surface area contributed by atoms with Crippen molar-refractivity contribution >= 4 is 17.4 Å². The van der Waals surface area contributed by atoms with Crippen molar-refractivity contribution in [3.8, 4) is 11.4 Å². The van der Waals surface area contributed by atoms with Crippen LogP contribution >= 0.6 is 11.8 Å². The fourth-order valence-corrected chi connectivity index (χ4v) is 6.10. The fraction of sp³-hybridized carbons (Fsp3) is 0.480. The molecule has 192 valence electrons. The number of nitrogens with one attached hydrogen (secondary N) is 1. The molecule has 0 bridgehead atoms. The Hall–Kier alpha value is -2.79. The summed E-state index contributed by atoms with van der Waals surface area (Å²) in [6.07, 6.45) is -0.569. The highest BCUT2D eigenvalue weighted by atomic mass is 32.2. The summed E-state index contributed by atoms with van der Waals surface area (Å²) in [5.41, 5.74) is 1.64. The van der Waals surface area contributed by atoms with Crippen molar-refractivity contribution in [1.29, 1.82) is 0 Å². The minimum absolute atomic E-state index is 0.107. The van der Waals surface area contributed by atoms with Crippen LogP contribution in [0.3, 0.4) is 0 Å². The van der Waals surface area contributed by atoms with Gasteiger partial charge in [-0.25, -0.2) is 0 Å². The zero-order valence-corrected chi connectivity index (χ0v) is 21.1. The fourth-order valence-electron chi connectivity index (χ4n) is 5.26. The van der Waals surface area contributed by atoms with Gasteiger partial charge in [0.15, 0.2) is 11.0 Å². The summed E-state index contributed by atoms with van der Waals surface area (Å²) in [6.45, 7) is 5.62. The zero-order chi connectivity index (χ0) is 25.4. The first-order chi connectivity index (χ1) is 17.2. The van der Waals surface area contributed by atoms with Crippen LogP contribution in [0.15, 0.2) is 46.5 Å². The first-order valence-electron chi connectivity index (χ1n) is 12.1. The summed E-state index contributed by atoms with van der Waals surface area (Å²) < 4.78 is 40.7. The van der Waals surface area contributed by atoms with Crippen LogP contribution in [0, 0.1) is 12.8 Å². The highest BCUT2D eigenvalue weighted by Gasteiger charge is 2.41. The molecule has 7 nitrogen and oxygen atoms in total. The number of thioether (sulfide) groups is 1. The van der Waals surface area contributed by atoms with Crippen molar-refractivity contribution in [2.75, 3.05) is 36.8 Å². The van der Waals surface area contributed by atoms with E-state index in [2.05, 4.69) is 25.0 Å². The summed E-state index contributed by atoms with van der Waals surface area (Å²) in [4.78, 5) is 19.1. The number of fused-ring (bicyclic) bond motifs is 1. The topological polar surface area (TPSA) is 70.1 Å². The van der Waals surface area contributed by atoms with Crippen LogP contribution in [0.1, 0.15) is 24.0 Å². The van der Waals surface area contributed by atoms with Crippen LogP contribution in [-0.2, 0) is 13.2 Å². The van der Waals surface area contributed by atoms with Crippen LogP contribution in [0.25, 0.3) is 11.4 Å². The Labute approximate surface area is 211 Å². The molecule has 2 fully saturated rings. The standard InChI is InChI=1S/C25H29F3N6OS/c1-16-12-18(13-29-23(16)35)22-30-31-24(32(22)2)36-11-3-9-33-14-17-8-10-34(21(17)15-33)20-6-4-19(5-7-20)25(26,27)28/h4-7,12-13,17,21H,3,8-11,14-15H2,1-2H3,(H,29,35). The minimum Gasteiger partial charge on any atom is -0.367 e. The van der Waals surface area contributed by atoms with E-state index >= 15 is 0 Å². The van der Waals surface area contributed by atoms with Crippen molar-refractivity contribution < 1.29 is 13.2 Å². The van der Waals surface area contributed by atoms with Gasteiger partial charge in [-0.1, -0.05) is 11.8 Å². The Morgan fingerprint density at radius 3 is 2.67 bits per heavy atom. The number of benzene rings is 1. The molecular weight excluding hydrogens is 489 g/mol. The van der Waals surface area contributed by atoms with E-state index < -0.39 is 11.7 Å². The second-order valence-electron chi connectivity index (χ2n) is 9.58. The number of nitrogens with zero attached hydrogens (tertiary/aromatic N) is 5. The van der Waals surface area contributed by atoms with Crippen LogP contribution < -0.4 is 10.5 Å². The molecular formula is C25H29F3N6OS. The van der Waals surface area contributed by atoms with Gasteiger partial charge in [-0.2, -0.15) is 13.2 Å². The quantitative estimate of drug-likeness (QED) is 0.374. The van der Waals surface area contributed by atoms with Crippen LogP contribution in [0.2, 0.25) is 0 Å². The summed E-state index contributed by atoms with van der Waals surface area (Å²) >= 11 is 1.66. The Morgan fingerprint density at radius 1 is 1.17 bits per heavy atom. The highest BCUT2D eigenvalue weighted by molar-refractivity contribution is 7.99. The second kappa shape index (κ2) is 9.93. The first-order valence-corrected chi connectivity index (χ1v) is 13.1. The van der Waals surface area contributed by atoms with Crippen LogP contribution in [-0.4, -0.2) is 62.6 Å². The molecule has 1 aromatic carbocycles. The predicted octanol–water partition coefficient (Wildman–Crippen LogP) is 4.19. The number of aromatic nitrogens is 4. The van der Waals surface area contributed by atoms with E-state index in [1.807, 2.05) is 17.7 Å². The van der Waals surface area contributed by atoms with Gasteiger partial charge in [0.25, 0.3) is 5.56 Å². The van der Waals surface area contributed by atoms with Crippen LogP contribution in [0.4, 0.5) is 18.9 Å². The molecule has 2 saturated heterocycles. The third-order valence-corrected chi connectivity index (χ3v) is 8.29. The Balaban J connectivity index is 1.12. The van der Waals surface area contributed by atoms with Gasteiger partial charge in [0.1, 0.15) is 0 Å². The average Bonchev–Trinajstić information content (AvgIpc) is 3.52. The van der Waals surface area contributed by atoms with Gasteiger partial charge in [-0.3, -0.25) is 4.79 Å². The number of anilines is 1. The number of H-pyrrole nitrogens is 1. The van der Waals surface area contributed by atoms with Gasteiger partial charge < -0.3 is 19.4 Å². The van der Waals surface area contributed by atoms with Crippen molar-refractivity contribution in [3.63, 3.8) is 0 Å². The van der Waals surface area contributed by atoms with Crippen molar-refractivity contribution in [2.45, 2.75) is 37.1 Å². The molecule has 2 aromatic heterocycles. The smallest absolute Gasteiger partial charge is 0.367 e. The van der Waals surface area contributed by atoms with Crippen molar-refractivity contribution in [1.82, 2.24) is 24.6 Å². The SMILES string of the molecule is Cc1cc(-c2nnc(SCCCN3CC4CCN(c5ccc(C(F)(F)F)cc5)C4C3)n2C)c[nH]c1=O. The van der Waals surface area contributed by atoms with E-state index in [0.717, 1.165) is 61.2 Å². The third-order valence-electron chi connectivity index (χ3n) is 7.18. The molecule has 0 saturated carbocycles. The number of alkyl halides is 3. The summed E-state index contributed by atoms with van der Waals surface area (Å²) in [5.74, 6) is 2.18. The second-order valence-corrected chi connectivity index (χ2v) is 10.6. The lowest BCUT2D eigenvalue weighted by Crippen LogP contribution is -2.35. The molecule has 2 aliphatic heterocycles. The van der Waals surface area contributed by atoms with Crippen LogP contribution in [0.5, 0.6) is 0 Å². The average molecular weight is 519 g/mol. The van der Waals surface area contributed by atoms with E-state index in [-0.39, 0.29) is 5.56 Å². The molecule has 5 rings (SSSR count). The number of likely N-dealkylation sites (tertiary alicyclic amines) is 1. The van der Waals surface area contributed by atoms with E-state index in [4.69, 9.17) is 0 Å². The molecule has 2 atom stereocenters. The van der Waals surface area contributed by atoms with E-state index in [1.54, 1.807) is 37.0 Å². The number of halogens is 3. The van der Waals surface area contributed by atoms with Gasteiger partial charge in [0, 0.05) is 61.5 Å². The molecule has 3 aromatic rings. The first kappa shape index (κ1) is 24.9. The van der Waals surface area contributed by atoms with E-state index in [9.17, 15) is 18.0 Å². The van der Waals surface area contributed by atoms with Gasteiger partial charge in [-0.15, -0.1) is 10.2 Å². The maximum absolute atomic E-state index is 12.9. The van der Waals surface area contributed by atoms with Gasteiger partial charge >= 0.3 is 6.18 Å². The number of hydrogen-bond acceptors (Lipinski definition) is 6. The predicted molar refractivity (Wildman–Crippen MR) is 134 cm³/mol. The summed E-state index contributed by atoms with van der Waals surface area (Å²) in [6, 6.07) is 7.75. The maximum Gasteiger partial charge on any atom is 0.416 e. The number of rotatable bonds is 7. The number of aromatic amines is 1. The molecule has 2 unspecified atom stereocenters. The molecule has 0 amide bonds. The van der Waals surface area contributed by atoms with Crippen molar-refractivity contribution in [2.24, 2.45) is 13.0 Å². The largest absolute Gasteiger partial charge is 0.416 e. The number of hydrogen-bond donors (Lipinski definition) is 1. The van der Waals surface area contributed by atoms with Crippen molar-refractivity contribution in [3.05, 3.63) is 58.0 Å². The molecule has 2 aliphatic rings. The third kappa shape index (κ3) is 5.04. The lowest BCUT2D eigenvalue weighted by atomic mass is 10.0. The maximum atomic E-state index is 12.9. The Bertz CT molecular complexity index is 1270. The molecule has 0 spiro atoms. The van der Waals surface area contributed by atoms with Gasteiger partial charge in [0.2, 0.25) is 0 Å². The molecule has 0 aliphatic carbocycles.